The molecule has 0 bridgehead atoms. The first-order valence-electron chi connectivity index (χ1n) is 5.83. The van der Waals surface area contributed by atoms with Crippen molar-refractivity contribution in [2.45, 2.75) is 26.2 Å². The summed E-state index contributed by atoms with van der Waals surface area (Å²) < 4.78 is 0. The van der Waals surface area contributed by atoms with E-state index in [0.717, 1.165) is 25.9 Å². The van der Waals surface area contributed by atoms with Crippen molar-refractivity contribution in [2.24, 2.45) is 0 Å². The lowest BCUT2D eigenvalue weighted by atomic mass is 10.1. The van der Waals surface area contributed by atoms with E-state index in [1.807, 2.05) is 0 Å². The van der Waals surface area contributed by atoms with Gasteiger partial charge in [0.15, 0.2) is 0 Å². The number of aryl methyl sites for hydroxylation is 1. The van der Waals surface area contributed by atoms with Crippen LogP contribution in [0.25, 0.3) is 0 Å². The van der Waals surface area contributed by atoms with E-state index >= 15 is 0 Å². The number of benzene rings is 1. The summed E-state index contributed by atoms with van der Waals surface area (Å²) in [6.07, 6.45) is 2.72. The van der Waals surface area contributed by atoms with Crippen molar-refractivity contribution in [1.82, 2.24) is 4.90 Å². The minimum Gasteiger partial charge on any atom is -0.306 e. The van der Waals surface area contributed by atoms with E-state index < -0.39 is 0 Å². The van der Waals surface area contributed by atoms with E-state index in [-0.39, 0.29) is 0 Å². The number of nitriles is 1. The summed E-state index contributed by atoms with van der Waals surface area (Å²) in [4.78, 5) is 2.29. The first kappa shape index (κ1) is 12.7. The standard InChI is InChI=1S/C14H20N2/c1-13-6-5-7-14(12-13)8-11-16(2)10-4-3-9-15/h5-7,12H,3-4,8,10-11H2,1-2H3. The van der Waals surface area contributed by atoms with Gasteiger partial charge in [-0.25, -0.2) is 0 Å². The molecule has 0 spiro atoms. The normalized spacial score (nSPS) is 10.4. The van der Waals surface area contributed by atoms with Crippen molar-refractivity contribution < 1.29 is 0 Å². The molecule has 0 radical (unpaired) electrons. The van der Waals surface area contributed by atoms with Gasteiger partial charge in [-0.1, -0.05) is 29.8 Å². The molecule has 0 atom stereocenters. The zero-order chi connectivity index (χ0) is 11.8. The van der Waals surface area contributed by atoms with Gasteiger partial charge in [0.25, 0.3) is 0 Å². The molecule has 0 aromatic heterocycles. The zero-order valence-electron chi connectivity index (χ0n) is 10.2. The van der Waals surface area contributed by atoms with Gasteiger partial charge in [-0.3, -0.25) is 0 Å². The van der Waals surface area contributed by atoms with Crippen molar-refractivity contribution >= 4 is 0 Å². The minimum absolute atomic E-state index is 0.661. The van der Waals surface area contributed by atoms with Gasteiger partial charge in [-0.15, -0.1) is 0 Å². The Morgan fingerprint density at radius 2 is 2.12 bits per heavy atom. The quantitative estimate of drug-likeness (QED) is 0.684. The van der Waals surface area contributed by atoms with Crippen molar-refractivity contribution in [2.75, 3.05) is 20.1 Å². The number of hydrogen-bond donors (Lipinski definition) is 0. The van der Waals surface area contributed by atoms with Crippen LogP contribution in [0.4, 0.5) is 0 Å². The second kappa shape index (κ2) is 7.03. The lowest BCUT2D eigenvalue weighted by molar-refractivity contribution is 0.335. The molecule has 0 amide bonds. The number of rotatable bonds is 6. The third-order valence-corrected chi connectivity index (χ3v) is 2.69. The summed E-state index contributed by atoms with van der Waals surface area (Å²) in [7, 11) is 2.12. The highest BCUT2D eigenvalue weighted by Crippen LogP contribution is 2.05. The fraction of sp³-hybridized carbons (Fsp3) is 0.500. The molecule has 1 aromatic carbocycles. The molecule has 0 unspecified atom stereocenters. The number of unbranched alkanes of at least 4 members (excludes halogenated alkanes) is 1. The monoisotopic (exact) mass is 216 g/mol. The molecule has 1 aromatic rings. The Balaban J connectivity index is 2.26. The van der Waals surface area contributed by atoms with Crippen LogP contribution < -0.4 is 0 Å². The van der Waals surface area contributed by atoms with Gasteiger partial charge < -0.3 is 4.90 Å². The van der Waals surface area contributed by atoms with E-state index in [2.05, 4.69) is 49.2 Å². The summed E-state index contributed by atoms with van der Waals surface area (Å²) in [5.74, 6) is 0. The van der Waals surface area contributed by atoms with Crippen LogP contribution in [0.5, 0.6) is 0 Å². The molecule has 2 nitrogen and oxygen atoms in total. The van der Waals surface area contributed by atoms with Gasteiger partial charge in [0, 0.05) is 13.0 Å². The van der Waals surface area contributed by atoms with Crippen LogP contribution in [0.3, 0.4) is 0 Å². The smallest absolute Gasteiger partial charge is 0.0622 e. The van der Waals surface area contributed by atoms with Crippen LogP contribution >= 0.6 is 0 Å². The Hall–Kier alpha value is -1.33. The van der Waals surface area contributed by atoms with Gasteiger partial charge >= 0.3 is 0 Å². The highest BCUT2D eigenvalue weighted by molar-refractivity contribution is 5.22. The first-order chi connectivity index (χ1) is 7.72. The molecular weight excluding hydrogens is 196 g/mol. The first-order valence-corrected chi connectivity index (χ1v) is 5.83. The van der Waals surface area contributed by atoms with Crippen LogP contribution in [0.15, 0.2) is 24.3 Å². The van der Waals surface area contributed by atoms with E-state index in [4.69, 9.17) is 5.26 Å². The lowest BCUT2D eigenvalue weighted by Gasteiger charge is -2.15. The summed E-state index contributed by atoms with van der Waals surface area (Å²) in [6, 6.07) is 10.8. The van der Waals surface area contributed by atoms with Crippen molar-refractivity contribution in [3.63, 3.8) is 0 Å². The maximum Gasteiger partial charge on any atom is 0.0622 e. The van der Waals surface area contributed by atoms with Crippen LogP contribution in [0, 0.1) is 18.3 Å². The molecular formula is C14H20N2. The fourth-order valence-electron chi connectivity index (χ4n) is 1.73. The molecule has 1 rings (SSSR count). The second-order valence-electron chi connectivity index (χ2n) is 4.30. The van der Waals surface area contributed by atoms with Gasteiger partial charge in [0.05, 0.1) is 6.07 Å². The van der Waals surface area contributed by atoms with E-state index in [1.54, 1.807) is 0 Å². The molecule has 0 fully saturated rings. The summed E-state index contributed by atoms with van der Waals surface area (Å²) >= 11 is 0. The van der Waals surface area contributed by atoms with Crippen molar-refractivity contribution in [1.29, 1.82) is 5.26 Å². The maximum absolute atomic E-state index is 8.45. The third kappa shape index (κ3) is 4.95. The molecule has 0 heterocycles. The highest BCUT2D eigenvalue weighted by Gasteiger charge is 1.99. The lowest BCUT2D eigenvalue weighted by Crippen LogP contribution is -2.22. The molecule has 86 valence electrons. The second-order valence-corrected chi connectivity index (χ2v) is 4.30. The average molecular weight is 216 g/mol. The molecule has 0 saturated carbocycles. The molecule has 0 aliphatic rings. The van der Waals surface area contributed by atoms with Crippen LogP contribution in [-0.2, 0) is 6.42 Å². The Kier molecular flexibility index (Phi) is 5.60. The fourth-order valence-corrected chi connectivity index (χ4v) is 1.73. The Labute approximate surface area is 98.5 Å². The molecule has 16 heavy (non-hydrogen) atoms. The molecule has 0 N–H and O–H groups in total. The summed E-state index contributed by atoms with van der Waals surface area (Å²) in [5.41, 5.74) is 2.72. The number of hydrogen-bond acceptors (Lipinski definition) is 2. The van der Waals surface area contributed by atoms with Gasteiger partial charge in [0.1, 0.15) is 0 Å². The molecule has 0 saturated heterocycles. The predicted octanol–water partition coefficient (Wildman–Crippen LogP) is 2.77. The molecule has 0 aliphatic carbocycles. The summed E-state index contributed by atoms with van der Waals surface area (Å²) in [5, 5.41) is 8.45. The highest BCUT2D eigenvalue weighted by atomic mass is 15.1. The topological polar surface area (TPSA) is 27.0 Å². The van der Waals surface area contributed by atoms with E-state index in [0.29, 0.717) is 6.42 Å². The van der Waals surface area contributed by atoms with Crippen LogP contribution in [0.1, 0.15) is 24.0 Å². The Morgan fingerprint density at radius 1 is 1.31 bits per heavy atom. The van der Waals surface area contributed by atoms with Gasteiger partial charge in [0.2, 0.25) is 0 Å². The number of nitrogens with zero attached hydrogens (tertiary/aromatic N) is 2. The van der Waals surface area contributed by atoms with E-state index in [1.165, 1.54) is 11.1 Å². The minimum atomic E-state index is 0.661. The van der Waals surface area contributed by atoms with Crippen molar-refractivity contribution in [3.05, 3.63) is 35.4 Å². The van der Waals surface area contributed by atoms with Gasteiger partial charge in [-0.05, 0) is 38.9 Å². The third-order valence-electron chi connectivity index (χ3n) is 2.69. The molecule has 0 aliphatic heterocycles. The maximum atomic E-state index is 8.45. The van der Waals surface area contributed by atoms with Crippen LogP contribution in [-0.4, -0.2) is 25.0 Å². The average Bonchev–Trinajstić information content (AvgIpc) is 2.27. The molecule has 2 heteroatoms. The largest absolute Gasteiger partial charge is 0.306 e. The number of likely N-dealkylation sites (N-methyl/N-ethyl adjacent to an activating group) is 1. The Morgan fingerprint density at radius 3 is 2.81 bits per heavy atom. The van der Waals surface area contributed by atoms with Crippen LogP contribution in [0.2, 0.25) is 0 Å². The summed E-state index contributed by atoms with van der Waals surface area (Å²) in [6.45, 7) is 4.20. The Bertz CT molecular complexity index is 352. The van der Waals surface area contributed by atoms with Crippen molar-refractivity contribution in [3.8, 4) is 6.07 Å². The van der Waals surface area contributed by atoms with Gasteiger partial charge in [-0.2, -0.15) is 5.26 Å². The SMILES string of the molecule is Cc1cccc(CCN(C)CCCC#N)c1. The van der Waals surface area contributed by atoms with E-state index in [9.17, 15) is 0 Å². The predicted molar refractivity (Wildman–Crippen MR) is 67.2 cm³/mol. The zero-order valence-corrected chi connectivity index (χ0v) is 10.2.